The first kappa shape index (κ1) is 11.7. The molecule has 0 spiro atoms. The van der Waals surface area contributed by atoms with Crippen molar-refractivity contribution in [3.05, 3.63) is 70.5 Å². The summed E-state index contributed by atoms with van der Waals surface area (Å²) in [5.74, 6) is 0. The molecule has 2 aromatic carbocycles. The number of hydrogen-bond donors (Lipinski definition) is 2. The molecule has 3 nitrogen and oxygen atoms in total. The Morgan fingerprint density at radius 1 is 0.947 bits per heavy atom. The number of hydrogen-bond acceptors (Lipinski definition) is 2. The Morgan fingerprint density at radius 3 is 2.58 bits per heavy atom. The molecule has 2 N–H and O–H groups in total. The Hall–Kier alpha value is -2.39. The number of nitrogens with one attached hydrogen (secondary N) is 1. The predicted molar refractivity (Wildman–Crippen MR) is 75.9 cm³/mol. The third-order valence-corrected chi connectivity index (χ3v) is 3.17. The highest BCUT2D eigenvalue weighted by Crippen LogP contribution is 2.23. The van der Waals surface area contributed by atoms with Crippen LogP contribution in [0.25, 0.3) is 22.0 Å². The third-order valence-electron chi connectivity index (χ3n) is 3.17. The van der Waals surface area contributed by atoms with Gasteiger partial charge >= 0.3 is 0 Å². The van der Waals surface area contributed by atoms with Crippen molar-refractivity contribution in [2.75, 3.05) is 0 Å². The molecule has 0 bridgehead atoms. The summed E-state index contributed by atoms with van der Waals surface area (Å²) >= 11 is 0. The molecule has 3 aromatic rings. The van der Waals surface area contributed by atoms with Gasteiger partial charge in [-0.25, -0.2) is 0 Å². The summed E-state index contributed by atoms with van der Waals surface area (Å²) in [4.78, 5) is 14.2. The van der Waals surface area contributed by atoms with Crippen LogP contribution >= 0.6 is 0 Å². The normalized spacial score (nSPS) is 10.8. The van der Waals surface area contributed by atoms with Gasteiger partial charge in [-0.1, -0.05) is 30.3 Å². The largest absolute Gasteiger partial charge is 0.392 e. The van der Waals surface area contributed by atoms with Crippen molar-refractivity contribution < 1.29 is 5.11 Å². The van der Waals surface area contributed by atoms with Crippen LogP contribution < -0.4 is 5.56 Å². The van der Waals surface area contributed by atoms with Crippen LogP contribution in [-0.4, -0.2) is 10.1 Å². The van der Waals surface area contributed by atoms with Gasteiger partial charge in [-0.05, 0) is 40.3 Å². The van der Waals surface area contributed by atoms with E-state index in [-0.39, 0.29) is 12.2 Å². The second-order valence-electron chi connectivity index (χ2n) is 4.48. The minimum atomic E-state index is -0.103. The lowest BCUT2D eigenvalue weighted by atomic mass is 10.0. The maximum atomic E-state index is 11.3. The van der Waals surface area contributed by atoms with Crippen LogP contribution in [0.15, 0.2) is 59.4 Å². The summed E-state index contributed by atoms with van der Waals surface area (Å²) in [6, 6.07) is 17.0. The van der Waals surface area contributed by atoms with Crippen molar-refractivity contribution in [3.8, 4) is 11.1 Å². The smallest absolute Gasteiger partial charge is 0.248 e. The number of aliphatic hydroxyl groups is 1. The predicted octanol–water partition coefficient (Wildman–Crippen LogP) is 2.69. The van der Waals surface area contributed by atoms with Crippen LogP contribution in [0.1, 0.15) is 5.56 Å². The van der Waals surface area contributed by atoms with E-state index in [0.717, 1.165) is 27.6 Å². The first-order chi connectivity index (χ1) is 9.26. The minimum Gasteiger partial charge on any atom is -0.392 e. The molecule has 0 fully saturated rings. The van der Waals surface area contributed by atoms with Gasteiger partial charge in [0.25, 0.3) is 0 Å². The standard InChI is InChI=1S/C16H13NO2/c18-10-11-2-1-3-13(8-11)14-5-4-12-6-7-16(19)17-15(12)9-14/h1-9,18H,10H2,(H,17,19). The van der Waals surface area contributed by atoms with Crippen LogP contribution in [0.5, 0.6) is 0 Å². The Balaban J connectivity index is 2.16. The van der Waals surface area contributed by atoms with Gasteiger partial charge in [0.15, 0.2) is 0 Å². The number of pyridine rings is 1. The molecule has 0 saturated carbocycles. The van der Waals surface area contributed by atoms with Gasteiger partial charge in [0, 0.05) is 11.6 Å². The molecule has 0 aliphatic heterocycles. The SMILES string of the molecule is O=c1ccc2ccc(-c3cccc(CO)c3)cc2[nH]1. The summed E-state index contributed by atoms with van der Waals surface area (Å²) in [6.07, 6.45) is 0. The van der Waals surface area contributed by atoms with Gasteiger partial charge in [0.1, 0.15) is 0 Å². The summed E-state index contributed by atoms with van der Waals surface area (Å²) in [5, 5.41) is 10.2. The Kier molecular flexibility index (Phi) is 2.89. The fourth-order valence-corrected chi connectivity index (χ4v) is 2.18. The van der Waals surface area contributed by atoms with Crippen molar-refractivity contribution >= 4 is 10.9 Å². The van der Waals surface area contributed by atoms with Crippen LogP contribution in [0.2, 0.25) is 0 Å². The Bertz CT molecular complexity index is 790. The molecule has 0 amide bonds. The fraction of sp³-hybridized carbons (Fsp3) is 0.0625. The lowest BCUT2D eigenvalue weighted by Gasteiger charge is -2.05. The van der Waals surface area contributed by atoms with E-state index in [2.05, 4.69) is 4.98 Å². The molecule has 1 aromatic heterocycles. The van der Waals surface area contributed by atoms with E-state index in [1.807, 2.05) is 48.5 Å². The monoisotopic (exact) mass is 251 g/mol. The van der Waals surface area contributed by atoms with Crippen LogP contribution in [0, 0.1) is 0 Å². The topological polar surface area (TPSA) is 53.1 Å². The minimum absolute atomic E-state index is 0.0260. The molecule has 0 saturated heterocycles. The lowest BCUT2D eigenvalue weighted by molar-refractivity contribution is 0.282. The van der Waals surface area contributed by atoms with Crippen LogP contribution in [-0.2, 0) is 6.61 Å². The lowest BCUT2D eigenvalue weighted by Crippen LogP contribution is -2.02. The number of aromatic amines is 1. The van der Waals surface area contributed by atoms with E-state index >= 15 is 0 Å². The third kappa shape index (κ3) is 2.28. The fourth-order valence-electron chi connectivity index (χ4n) is 2.18. The van der Waals surface area contributed by atoms with Gasteiger partial charge in [0.2, 0.25) is 5.56 Å². The van der Waals surface area contributed by atoms with Gasteiger partial charge < -0.3 is 10.1 Å². The number of benzene rings is 2. The number of rotatable bonds is 2. The first-order valence-corrected chi connectivity index (χ1v) is 6.09. The molecule has 19 heavy (non-hydrogen) atoms. The highest BCUT2D eigenvalue weighted by molar-refractivity contribution is 5.84. The zero-order chi connectivity index (χ0) is 13.2. The number of aliphatic hydroxyl groups excluding tert-OH is 1. The molecule has 0 aliphatic rings. The van der Waals surface area contributed by atoms with E-state index in [4.69, 9.17) is 5.11 Å². The molecular weight excluding hydrogens is 238 g/mol. The van der Waals surface area contributed by atoms with Crippen LogP contribution in [0.4, 0.5) is 0 Å². The summed E-state index contributed by atoms with van der Waals surface area (Å²) in [5.41, 5.74) is 3.63. The van der Waals surface area contributed by atoms with Crippen molar-refractivity contribution in [3.63, 3.8) is 0 Å². The molecule has 0 atom stereocenters. The highest BCUT2D eigenvalue weighted by atomic mass is 16.3. The Morgan fingerprint density at radius 2 is 1.74 bits per heavy atom. The van der Waals surface area contributed by atoms with Gasteiger partial charge in [-0.3, -0.25) is 4.79 Å². The van der Waals surface area contributed by atoms with Crippen molar-refractivity contribution in [2.24, 2.45) is 0 Å². The average Bonchev–Trinajstić information content (AvgIpc) is 2.46. The average molecular weight is 251 g/mol. The molecule has 3 heteroatoms. The molecule has 94 valence electrons. The second-order valence-corrected chi connectivity index (χ2v) is 4.48. The van der Waals surface area contributed by atoms with E-state index < -0.39 is 0 Å². The number of fused-ring (bicyclic) bond motifs is 1. The summed E-state index contributed by atoms with van der Waals surface area (Å²) < 4.78 is 0. The molecule has 0 unspecified atom stereocenters. The van der Waals surface area contributed by atoms with E-state index in [9.17, 15) is 4.79 Å². The Labute approximate surface area is 110 Å². The quantitative estimate of drug-likeness (QED) is 0.735. The van der Waals surface area contributed by atoms with Crippen molar-refractivity contribution in [1.29, 1.82) is 0 Å². The molecule has 1 heterocycles. The zero-order valence-electron chi connectivity index (χ0n) is 10.3. The zero-order valence-corrected chi connectivity index (χ0v) is 10.3. The van der Waals surface area contributed by atoms with Crippen molar-refractivity contribution in [2.45, 2.75) is 6.61 Å². The summed E-state index contributed by atoms with van der Waals surface area (Å²) in [6.45, 7) is 0.0260. The number of H-pyrrole nitrogens is 1. The van der Waals surface area contributed by atoms with Gasteiger partial charge in [-0.15, -0.1) is 0 Å². The van der Waals surface area contributed by atoms with E-state index in [1.165, 1.54) is 6.07 Å². The first-order valence-electron chi connectivity index (χ1n) is 6.09. The van der Waals surface area contributed by atoms with E-state index in [1.54, 1.807) is 0 Å². The summed E-state index contributed by atoms with van der Waals surface area (Å²) in [7, 11) is 0. The number of aromatic nitrogens is 1. The maximum Gasteiger partial charge on any atom is 0.248 e. The highest BCUT2D eigenvalue weighted by Gasteiger charge is 2.01. The maximum absolute atomic E-state index is 11.3. The molecule has 0 radical (unpaired) electrons. The van der Waals surface area contributed by atoms with E-state index in [0.29, 0.717) is 0 Å². The molecular formula is C16H13NO2. The molecule has 0 aliphatic carbocycles. The second kappa shape index (κ2) is 4.71. The van der Waals surface area contributed by atoms with Gasteiger partial charge in [0.05, 0.1) is 6.61 Å². The van der Waals surface area contributed by atoms with Crippen molar-refractivity contribution in [1.82, 2.24) is 4.98 Å². The molecule has 3 rings (SSSR count). The van der Waals surface area contributed by atoms with Gasteiger partial charge in [-0.2, -0.15) is 0 Å². The van der Waals surface area contributed by atoms with Crippen LogP contribution in [0.3, 0.4) is 0 Å².